The molecule has 0 aliphatic carbocycles. The zero-order chi connectivity index (χ0) is 13.7. The summed E-state index contributed by atoms with van der Waals surface area (Å²) in [5.41, 5.74) is 2.32. The maximum absolute atomic E-state index is 5.21. The molecule has 0 N–H and O–H groups in total. The summed E-state index contributed by atoms with van der Waals surface area (Å²) in [4.78, 5) is 4.99. The van der Waals surface area contributed by atoms with Crippen LogP contribution in [-0.4, -0.2) is 67.9 Å². The molecule has 1 aromatic heterocycles. The molecule has 108 valence electrons. The SMILES string of the molecule is COCCN1CCN(CCc2c(C)noc2C)CC1. The average Bonchev–Trinajstić information content (AvgIpc) is 2.75. The molecule has 1 saturated heterocycles. The number of ether oxygens (including phenoxy) is 1. The summed E-state index contributed by atoms with van der Waals surface area (Å²) < 4.78 is 10.3. The lowest BCUT2D eigenvalue weighted by Gasteiger charge is -2.34. The summed E-state index contributed by atoms with van der Waals surface area (Å²) in [5.74, 6) is 0.969. The van der Waals surface area contributed by atoms with Gasteiger partial charge < -0.3 is 14.2 Å². The van der Waals surface area contributed by atoms with E-state index in [1.807, 2.05) is 13.8 Å². The van der Waals surface area contributed by atoms with Crippen molar-refractivity contribution in [1.29, 1.82) is 0 Å². The Morgan fingerprint density at radius 3 is 2.26 bits per heavy atom. The lowest BCUT2D eigenvalue weighted by atomic mass is 10.1. The maximum atomic E-state index is 5.21. The van der Waals surface area contributed by atoms with E-state index in [0.29, 0.717) is 0 Å². The third-order valence-electron chi connectivity index (χ3n) is 3.94. The van der Waals surface area contributed by atoms with Crippen molar-refractivity contribution in [2.24, 2.45) is 0 Å². The topological polar surface area (TPSA) is 41.7 Å². The van der Waals surface area contributed by atoms with Gasteiger partial charge in [-0.1, -0.05) is 5.16 Å². The van der Waals surface area contributed by atoms with E-state index >= 15 is 0 Å². The maximum Gasteiger partial charge on any atom is 0.137 e. The summed E-state index contributed by atoms with van der Waals surface area (Å²) in [6.07, 6.45) is 1.04. The van der Waals surface area contributed by atoms with Crippen LogP contribution >= 0.6 is 0 Å². The minimum atomic E-state index is 0.832. The van der Waals surface area contributed by atoms with Crippen molar-refractivity contribution in [2.75, 3.05) is 53.0 Å². The van der Waals surface area contributed by atoms with E-state index in [-0.39, 0.29) is 0 Å². The molecule has 1 aliphatic heterocycles. The summed E-state index contributed by atoms with van der Waals surface area (Å²) >= 11 is 0. The van der Waals surface area contributed by atoms with Gasteiger partial charge in [0.1, 0.15) is 5.76 Å². The predicted octanol–water partition coefficient (Wildman–Crippen LogP) is 1.10. The Morgan fingerprint density at radius 2 is 1.74 bits per heavy atom. The normalized spacial score (nSPS) is 18.1. The van der Waals surface area contributed by atoms with Gasteiger partial charge in [0.05, 0.1) is 12.3 Å². The first-order valence-electron chi connectivity index (χ1n) is 7.06. The fourth-order valence-corrected chi connectivity index (χ4v) is 2.59. The first-order valence-corrected chi connectivity index (χ1v) is 7.06. The van der Waals surface area contributed by atoms with Crippen LogP contribution in [0.15, 0.2) is 4.52 Å². The molecule has 0 radical (unpaired) electrons. The van der Waals surface area contributed by atoms with Crippen LogP contribution in [0, 0.1) is 13.8 Å². The predicted molar refractivity (Wildman–Crippen MR) is 74.4 cm³/mol. The molecule has 0 aromatic carbocycles. The van der Waals surface area contributed by atoms with Gasteiger partial charge in [-0.2, -0.15) is 0 Å². The highest BCUT2D eigenvalue weighted by Crippen LogP contribution is 2.13. The molecule has 2 rings (SSSR count). The minimum Gasteiger partial charge on any atom is -0.383 e. The number of rotatable bonds is 6. The third-order valence-corrected chi connectivity index (χ3v) is 3.94. The molecule has 0 amide bonds. The quantitative estimate of drug-likeness (QED) is 0.772. The molecule has 0 spiro atoms. The molecule has 1 aromatic rings. The van der Waals surface area contributed by atoms with Gasteiger partial charge in [0.2, 0.25) is 0 Å². The van der Waals surface area contributed by atoms with Crippen molar-refractivity contribution in [1.82, 2.24) is 15.0 Å². The van der Waals surface area contributed by atoms with Gasteiger partial charge in [0.25, 0.3) is 0 Å². The highest BCUT2D eigenvalue weighted by molar-refractivity contribution is 5.20. The molecule has 5 nitrogen and oxygen atoms in total. The highest BCUT2D eigenvalue weighted by atomic mass is 16.5. The zero-order valence-electron chi connectivity index (χ0n) is 12.3. The van der Waals surface area contributed by atoms with Crippen molar-refractivity contribution in [3.63, 3.8) is 0 Å². The molecule has 1 aliphatic rings. The van der Waals surface area contributed by atoms with Crippen molar-refractivity contribution in [2.45, 2.75) is 20.3 Å². The molecular weight excluding hydrogens is 242 g/mol. The van der Waals surface area contributed by atoms with E-state index in [1.165, 1.54) is 5.56 Å². The largest absolute Gasteiger partial charge is 0.383 e. The first kappa shape index (κ1) is 14.5. The van der Waals surface area contributed by atoms with Crippen LogP contribution in [0.2, 0.25) is 0 Å². The molecule has 0 bridgehead atoms. The van der Waals surface area contributed by atoms with Crippen molar-refractivity contribution >= 4 is 0 Å². The van der Waals surface area contributed by atoms with E-state index in [4.69, 9.17) is 9.26 Å². The summed E-state index contributed by atoms with van der Waals surface area (Å²) in [5, 5.41) is 4.01. The Hall–Kier alpha value is -0.910. The molecule has 0 atom stereocenters. The number of hydrogen-bond acceptors (Lipinski definition) is 5. The van der Waals surface area contributed by atoms with E-state index in [1.54, 1.807) is 7.11 Å². The fourth-order valence-electron chi connectivity index (χ4n) is 2.59. The number of aromatic nitrogens is 1. The van der Waals surface area contributed by atoms with Gasteiger partial charge in [-0.15, -0.1) is 0 Å². The number of nitrogens with zero attached hydrogens (tertiary/aromatic N) is 3. The van der Waals surface area contributed by atoms with Gasteiger partial charge in [-0.05, 0) is 20.3 Å². The number of hydrogen-bond donors (Lipinski definition) is 0. The van der Waals surface area contributed by atoms with Crippen LogP contribution in [-0.2, 0) is 11.2 Å². The van der Waals surface area contributed by atoms with Gasteiger partial charge in [0, 0.05) is 51.9 Å². The fraction of sp³-hybridized carbons (Fsp3) is 0.786. The van der Waals surface area contributed by atoms with Gasteiger partial charge in [0.15, 0.2) is 0 Å². The number of aryl methyl sites for hydroxylation is 2. The van der Waals surface area contributed by atoms with Crippen LogP contribution in [0.25, 0.3) is 0 Å². The summed E-state index contributed by atoms with van der Waals surface area (Å²) in [7, 11) is 1.76. The second kappa shape index (κ2) is 7.03. The zero-order valence-corrected chi connectivity index (χ0v) is 12.3. The van der Waals surface area contributed by atoms with Crippen molar-refractivity contribution in [3.8, 4) is 0 Å². The van der Waals surface area contributed by atoms with Gasteiger partial charge in [-0.25, -0.2) is 0 Å². The van der Waals surface area contributed by atoms with Crippen LogP contribution in [0.4, 0.5) is 0 Å². The Morgan fingerprint density at radius 1 is 1.11 bits per heavy atom. The Balaban J connectivity index is 1.71. The van der Waals surface area contributed by atoms with Crippen LogP contribution in [0.5, 0.6) is 0 Å². The Bertz CT molecular complexity index is 365. The average molecular weight is 267 g/mol. The summed E-state index contributed by atoms with van der Waals surface area (Å²) in [6, 6.07) is 0. The molecule has 0 unspecified atom stereocenters. The molecule has 0 saturated carbocycles. The highest BCUT2D eigenvalue weighted by Gasteiger charge is 2.17. The van der Waals surface area contributed by atoms with Crippen molar-refractivity contribution < 1.29 is 9.26 Å². The lowest BCUT2D eigenvalue weighted by Crippen LogP contribution is -2.47. The van der Waals surface area contributed by atoms with E-state index in [9.17, 15) is 0 Å². The Labute approximate surface area is 115 Å². The second-order valence-electron chi connectivity index (χ2n) is 5.23. The lowest BCUT2D eigenvalue weighted by molar-refractivity contribution is 0.0975. The van der Waals surface area contributed by atoms with E-state index < -0.39 is 0 Å². The van der Waals surface area contributed by atoms with Crippen molar-refractivity contribution in [3.05, 3.63) is 17.0 Å². The monoisotopic (exact) mass is 267 g/mol. The second-order valence-corrected chi connectivity index (χ2v) is 5.23. The van der Waals surface area contributed by atoms with Crippen LogP contribution < -0.4 is 0 Å². The molecule has 1 fully saturated rings. The van der Waals surface area contributed by atoms with Crippen LogP contribution in [0.3, 0.4) is 0 Å². The molecular formula is C14H25N3O2. The standard InChI is InChI=1S/C14H25N3O2/c1-12-14(13(2)19-15-12)4-5-16-6-8-17(9-7-16)10-11-18-3/h4-11H2,1-3H3. The van der Waals surface area contributed by atoms with Crippen LogP contribution in [0.1, 0.15) is 17.0 Å². The molecule has 2 heterocycles. The van der Waals surface area contributed by atoms with Gasteiger partial charge >= 0.3 is 0 Å². The van der Waals surface area contributed by atoms with E-state index in [0.717, 1.165) is 63.8 Å². The minimum absolute atomic E-state index is 0.832. The number of methoxy groups -OCH3 is 1. The first-order chi connectivity index (χ1) is 9.20. The van der Waals surface area contributed by atoms with Gasteiger partial charge in [-0.3, -0.25) is 4.90 Å². The Kier molecular flexibility index (Phi) is 5.36. The van der Waals surface area contributed by atoms with E-state index in [2.05, 4.69) is 15.0 Å². The summed E-state index contributed by atoms with van der Waals surface area (Å²) in [6.45, 7) is 11.6. The number of piperazine rings is 1. The smallest absolute Gasteiger partial charge is 0.137 e. The third kappa shape index (κ3) is 4.03. The molecule has 19 heavy (non-hydrogen) atoms. The molecule has 5 heteroatoms.